The standard InChI is InChI=1S/C20H22BrN3O4/c1-13-8-15(21)5-6-17(13)22-18(25)12-23(2)20(27)14-9-19(26)24(10-14)11-16-4-3-7-28-16/h3-8,14H,9-12H2,1-2H3,(H,22,25). The van der Waals surface area contributed by atoms with Crippen LogP contribution in [-0.4, -0.2) is 47.7 Å². The molecule has 1 atom stereocenters. The highest BCUT2D eigenvalue weighted by Crippen LogP contribution is 2.23. The number of hydrogen-bond acceptors (Lipinski definition) is 4. The van der Waals surface area contributed by atoms with Gasteiger partial charge in [-0.1, -0.05) is 15.9 Å². The van der Waals surface area contributed by atoms with E-state index in [0.29, 0.717) is 24.5 Å². The summed E-state index contributed by atoms with van der Waals surface area (Å²) in [4.78, 5) is 40.2. The number of anilines is 1. The first-order valence-electron chi connectivity index (χ1n) is 8.94. The van der Waals surface area contributed by atoms with E-state index in [2.05, 4.69) is 21.2 Å². The van der Waals surface area contributed by atoms with Crippen LogP contribution in [0.4, 0.5) is 5.69 Å². The molecule has 28 heavy (non-hydrogen) atoms. The monoisotopic (exact) mass is 447 g/mol. The van der Waals surface area contributed by atoms with Crippen LogP contribution in [0.1, 0.15) is 17.7 Å². The molecule has 1 aliphatic heterocycles. The van der Waals surface area contributed by atoms with Crippen molar-refractivity contribution in [3.63, 3.8) is 0 Å². The normalized spacial score (nSPS) is 16.3. The van der Waals surface area contributed by atoms with E-state index in [0.717, 1.165) is 10.0 Å². The van der Waals surface area contributed by atoms with Gasteiger partial charge in [-0.25, -0.2) is 0 Å². The van der Waals surface area contributed by atoms with E-state index in [1.54, 1.807) is 36.4 Å². The Bertz CT molecular complexity index is 882. The molecule has 148 valence electrons. The summed E-state index contributed by atoms with van der Waals surface area (Å²) in [5, 5.41) is 2.82. The molecule has 8 heteroatoms. The first-order chi connectivity index (χ1) is 13.3. The number of likely N-dealkylation sites (N-methyl/N-ethyl adjacent to an activating group) is 1. The molecule has 1 aromatic heterocycles. The van der Waals surface area contributed by atoms with E-state index in [1.807, 2.05) is 19.1 Å². The maximum absolute atomic E-state index is 12.7. The molecule has 1 unspecified atom stereocenters. The Balaban J connectivity index is 1.54. The number of amides is 3. The quantitative estimate of drug-likeness (QED) is 0.737. The zero-order valence-electron chi connectivity index (χ0n) is 15.8. The first kappa shape index (κ1) is 20.1. The van der Waals surface area contributed by atoms with Crippen LogP contribution >= 0.6 is 15.9 Å². The van der Waals surface area contributed by atoms with Crippen LogP contribution in [0, 0.1) is 12.8 Å². The second-order valence-electron chi connectivity index (χ2n) is 6.96. The fourth-order valence-corrected chi connectivity index (χ4v) is 3.72. The van der Waals surface area contributed by atoms with Crippen LogP contribution in [0.3, 0.4) is 0 Å². The highest BCUT2D eigenvalue weighted by molar-refractivity contribution is 9.10. The molecule has 0 saturated carbocycles. The molecule has 1 saturated heterocycles. The minimum absolute atomic E-state index is 0.0722. The third kappa shape index (κ3) is 4.81. The van der Waals surface area contributed by atoms with Crippen LogP contribution in [0.5, 0.6) is 0 Å². The lowest BCUT2D eigenvalue weighted by Gasteiger charge is -2.21. The number of carbonyl (C=O) groups excluding carboxylic acids is 3. The molecule has 0 spiro atoms. The number of benzene rings is 1. The van der Waals surface area contributed by atoms with Crippen molar-refractivity contribution in [2.75, 3.05) is 25.5 Å². The molecule has 0 radical (unpaired) electrons. The molecule has 1 aromatic carbocycles. The molecular formula is C20H22BrN3O4. The van der Waals surface area contributed by atoms with E-state index in [1.165, 1.54) is 4.90 Å². The minimum Gasteiger partial charge on any atom is -0.467 e. The average molecular weight is 448 g/mol. The number of halogens is 1. The molecule has 1 fully saturated rings. The maximum Gasteiger partial charge on any atom is 0.243 e. The Morgan fingerprint density at radius 3 is 2.82 bits per heavy atom. The predicted molar refractivity (Wildman–Crippen MR) is 107 cm³/mol. The fourth-order valence-electron chi connectivity index (χ4n) is 3.24. The van der Waals surface area contributed by atoms with Crippen molar-refractivity contribution in [1.82, 2.24) is 9.80 Å². The topological polar surface area (TPSA) is 82.9 Å². The van der Waals surface area contributed by atoms with Crippen molar-refractivity contribution in [2.24, 2.45) is 5.92 Å². The largest absolute Gasteiger partial charge is 0.467 e. The summed E-state index contributed by atoms with van der Waals surface area (Å²) in [7, 11) is 1.58. The van der Waals surface area contributed by atoms with E-state index in [9.17, 15) is 14.4 Å². The van der Waals surface area contributed by atoms with Gasteiger partial charge in [-0.3, -0.25) is 14.4 Å². The van der Waals surface area contributed by atoms with Crippen LogP contribution in [0.2, 0.25) is 0 Å². The predicted octanol–water partition coefficient (Wildman–Crippen LogP) is 2.80. The molecule has 1 N–H and O–H groups in total. The highest BCUT2D eigenvalue weighted by atomic mass is 79.9. The average Bonchev–Trinajstić information content (AvgIpc) is 3.27. The van der Waals surface area contributed by atoms with Crippen LogP contribution < -0.4 is 5.32 Å². The molecule has 3 amide bonds. The van der Waals surface area contributed by atoms with Gasteiger partial charge in [0.25, 0.3) is 0 Å². The van der Waals surface area contributed by atoms with Gasteiger partial charge in [0.05, 0.1) is 25.3 Å². The number of nitrogens with one attached hydrogen (secondary N) is 1. The number of furan rings is 1. The second kappa shape index (κ2) is 8.60. The molecule has 7 nitrogen and oxygen atoms in total. The zero-order chi connectivity index (χ0) is 20.3. The Labute approximate surface area is 171 Å². The summed E-state index contributed by atoms with van der Waals surface area (Å²) in [5.41, 5.74) is 1.63. The Kier molecular flexibility index (Phi) is 6.18. The van der Waals surface area contributed by atoms with E-state index in [4.69, 9.17) is 4.42 Å². The van der Waals surface area contributed by atoms with Crippen molar-refractivity contribution < 1.29 is 18.8 Å². The number of likely N-dealkylation sites (tertiary alicyclic amines) is 1. The molecule has 1 aliphatic rings. The number of nitrogens with zero attached hydrogens (tertiary/aromatic N) is 2. The van der Waals surface area contributed by atoms with Crippen molar-refractivity contribution in [2.45, 2.75) is 19.9 Å². The van der Waals surface area contributed by atoms with E-state index >= 15 is 0 Å². The lowest BCUT2D eigenvalue weighted by Crippen LogP contribution is -2.39. The van der Waals surface area contributed by atoms with Gasteiger partial charge in [-0.15, -0.1) is 0 Å². The van der Waals surface area contributed by atoms with Gasteiger partial charge in [0.2, 0.25) is 17.7 Å². The van der Waals surface area contributed by atoms with E-state index < -0.39 is 5.92 Å². The Morgan fingerprint density at radius 1 is 1.36 bits per heavy atom. The number of aryl methyl sites for hydroxylation is 1. The van der Waals surface area contributed by atoms with Gasteiger partial charge in [0.15, 0.2) is 0 Å². The number of rotatable bonds is 6. The Morgan fingerprint density at radius 2 is 2.14 bits per heavy atom. The van der Waals surface area contributed by atoms with Crippen molar-refractivity contribution in [3.05, 3.63) is 52.4 Å². The molecule has 2 aromatic rings. The van der Waals surface area contributed by atoms with Gasteiger partial charge in [0, 0.05) is 30.2 Å². The highest BCUT2D eigenvalue weighted by Gasteiger charge is 2.36. The van der Waals surface area contributed by atoms with Gasteiger partial charge in [-0.05, 0) is 42.8 Å². The van der Waals surface area contributed by atoms with Crippen molar-refractivity contribution in [3.8, 4) is 0 Å². The summed E-state index contributed by atoms with van der Waals surface area (Å²) < 4.78 is 6.20. The smallest absolute Gasteiger partial charge is 0.243 e. The third-order valence-corrected chi connectivity index (χ3v) is 5.20. The lowest BCUT2D eigenvalue weighted by molar-refractivity contribution is -0.137. The van der Waals surface area contributed by atoms with Crippen molar-refractivity contribution in [1.29, 1.82) is 0 Å². The molecule has 0 bridgehead atoms. The van der Waals surface area contributed by atoms with Crippen LogP contribution in [-0.2, 0) is 20.9 Å². The fraction of sp³-hybridized carbons (Fsp3) is 0.350. The molecule has 2 heterocycles. The van der Waals surface area contributed by atoms with Crippen LogP contribution in [0.15, 0.2) is 45.5 Å². The molecular weight excluding hydrogens is 426 g/mol. The minimum atomic E-state index is -0.449. The summed E-state index contributed by atoms with van der Waals surface area (Å²) in [5.74, 6) is -0.345. The number of carbonyl (C=O) groups is 3. The van der Waals surface area contributed by atoms with Gasteiger partial charge in [0.1, 0.15) is 5.76 Å². The van der Waals surface area contributed by atoms with Gasteiger partial charge in [-0.2, -0.15) is 0 Å². The molecule has 0 aliphatic carbocycles. The summed E-state index contributed by atoms with van der Waals surface area (Å²) in [6.45, 7) is 2.50. The maximum atomic E-state index is 12.7. The summed E-state index contributed by atoms with van der Waals surface area (Å²) in [6.07, 6.45) is 1.70. The third-order valence-electron chi connectivity index (χ3n) is 4.71. The number of hydrogen-bond donors (Lipinski definition) is 1. The SMILES string of the molecule is Cc1cc(Br)ccc1NC(=O)CN(C)C(=O)C1CC(=O)N(Cc2ccco2)C1. The zero-order valence-corrected chi connectivity index (χ0v) is 17.4. The van der Waals surface area contributed by atoms with E-state index in [-0.39, 0.29) is 30.7 Å². The van der Waals surface area contributed by atoms with Gasteiger partial charge >= 0.3 is 0 Å². The summed E-state index contributed by atoms with van der Waals surface area (Å²) in [6, 6.07) is 9.11. The summed E-state index contributed by atoms with van der Waals surface area (Å²) >= 11 is 3.38. The first-order valence-corrected chi connectivity index (χ1v) is 9.74. The second-order valence-corrected chi connectivity index (χ2v) is 7.87. The van der Waals surface area contributed by atoms with Gasteiger partial charge < -0.3 is 19.5 Å². The Hall–Kier alpha value is -2.61. The van der Waals surface area contributed by atoms with Crippen molar-refractivity contribution >= 4 is 39.3 Å². The molecule has 3 rings (SSSR count). The van der Waals surface area contributed by atoms with Crippen LogP contribution in [0.25, 0.3) is 0 Å². The lowest BCUT2D eigenvalue weighted by atomic mass is 10.1.